The lowest BCUT2D eigenvalue weighted by Gasteiger charge is -2.37. The molecule has 0 spiro atoms. The van der Waals surface area contributed by atoms with Crippen LogP contribution in [-0.2, 0) is 4.79 Å². The standard InChI is InChI=1S/C27H33N3O5/c1-34-22-10-8-20(9-11-22)26(32)30-16-12-19(13-17-30)24(27(33)29-14-3-4-15-29)28-25(31)21-6-5-7-23(18-21)35-2/h5-11,18-19,24H,3-4,12-17H2,1-2H3,(H,28,31)/t24-/m1/s1. The van der Waals surface area contributed by atoms with Crippen molar-refractivity contribution in [1.82, 2.24) is 15.1 Å². The monoisotopic (exact) mass is 479 g/mol. The van der Waals surface area contributed by atoms with E-state index in [4.69, 9.17) is 9.47 Å². The van der Waals surface area contributed by atoms with Gasteiger partial charge in [-0.05, 0) is 74.1 Å². The van der Waals surface area contributed by atoms with Crippen LogP contribution in [-0.4, -0.2) is 74.0 Å². The number of rotatable bonds is 7. The zero-order valence-corrected chi connectivity index (χ0v) is 20.4. The largest absolute Gasteiger partial charge is 0.497 e. The van der Waals surface area contributed by atoms with Crippen LogP contribution in [0.3, 0.4) is 0 Å². The van der Waals surface area contributed by atoms with E-state index in [0.717, 1.165) is 25.9 Å². The van der Waals surface area contributed by atoms with E-state index in [1.165, 1.54) is 0 Å². The third-order valence-corrected chi connectivity index (χ3v) is 6.94. The minimum Gasteiger partial charge on any atom is -0.497 e. The minimum atomic E-state index is -0.620. The van der Waals surface area contributed by atoms with Crippen molar-refractivity contribution in [3.05, 3.63) is 59.7 Å². The summed E-state index contributed by atoms with van der Waals surface area (Å²) < 4.78 is 10.4. The number of benzene rings is 2. The summed E-state index contributed by atoms with van der Waals surface area (Å²) in [6.07, 6.45) is 3.25. The summed E-state index contributed by atoms with van der Waals surface area (Å²) in [7, 11) is 3.15. The summed E-state index contributed by atoms with van der Waals surface area (Å²) in [5.41, 5.74) is 1.07. The Morgan fingerprint density at radius 1 is 0.829 bits per heavy atom. The number of ether oxygens (including phenoxy) is 2. The van der Waals surface area contributed by atoms with E-state index in [9.17, 15) is 14.4 Å². The second kappa shape index (κ2) is 11.3. The molecule has 0 radical (unpaired) electrons. The van der Waals surface area contributed by atoms with Crippen LogP contribution >= 0.6 is 0 Å². The van der Waals surface area contributed by atoms with Gasteiger partial charge < -0.3 is 24.6 Å². The predicted octanol–water partition coefficient (Wildman–Crippen LogP) is 2.98. The van der Waals surface area contributed by atoms with Gasteiger partial charge in [0.05, 0.1) is 14.2 Å². The molecule has 2 saturated heterocycles. The first-order chi connectivity index (χ1) is 17.0. The number of hydrogen-bond donors (Lipinski definition) is 1. The molecule has 0 aromatic heterocycles. The van der Waals surface area contributed by atoms with Crippen LogP contribution < -0.4 is 14.8 Å². The van der Waals surface area contributed by atoms with Crippen LogP contribution in [0, 0.1) is 5.92 Å². The normalized spacial score (nSPS) is 17.1. The van der Waals surface area contributed by atoms with E-state index in [1.807, 2.05) is 9.80 Å². The number of nitrogens with one attached hydrogen (secondary N) is 1. The zero-order valence-electron chi connectivity index (χ0n) is 20.4. The number of methoxy groups -OCH3 is 2. The van der Waals surface area contributed by atoms with E-state index in [-0.39, 0.29) is 23.6 Å². The molecular formula is C27H33N3O5. The van der Waals surface area contributed by atoms with Gasteiger partial charge in [0.15, 0.2) is 0 Å². The molecule has 35 heavy (non-hydrogen) atoms. The van der Waals surface area contributed by atoms with Crippen molar-refractivity contribution in [1.29, 1.82) is 0 Å². The van der Waals surface area contributed by atoms with Crippen LogP contribution in [0.5, 0.6) is 11.5 Å². The Labute approximate surface area is 206 Å². The molecule has 2 aromatic carbocycles. The van der Waals surface area contributed by atoms with E-state index in [1.54, 1.807) is 62.8 Å². The van der Waals surface area contributed by atoms with Crippen LogP contribution in [0.1, 0.15) is 46.4 Å². The fraction of sp³-hybridized carbons (Fsp3) is 0.444. The van der Waals surface area contributed by atoms with Crippen LogP contribution in [0.4, 0.5) is 0 Å². The molecule has 8 nitrogen and oxygen atoms in total. The summed E-state index contributed by atoms with van der Waals surface area (Å²) in [4.78, 5) is 43.2. The Morgan fingerprint density at radius 3 is 2.11 bits per heavy atom. The summed E-state index contributed by atoms with van der Waals surface area (Å²) in [5, 5.41) is 3.02. The molecule has 4 rings (SSSR count). The van der Waals surface area contributed by atoms with Crippen molar-refractivity contribution in [3.8, 4) is 11.5 Å². The molecule has 0 unspecified atom stereocenters. The minimum absolute atomic E-state index is 0.0290. The lowest BCUT2D eigenvalue weighted by molar-refractivity contribution is -0.134. The van der Waals surface area contributed by atoms with Gasteiger partial charge >= 0.3 is 0 Å². The molecule has 2 heterocycles. The highest BCUT2D eigenvalue weighted by molar-refractivity contribution is 5.98. The van der Waals surface area contributed by atoms with Gasteiger partial charge in [-0.3, -0.25) is 14.4 Å². The molecule has 0 saturated carbocycles. The van der Waals surface area contributed by atoms with Crippen molar-refractivity contribution < 1.29 is 23.9 Å². The first-order valence-corrected chi connectivity index (χ1v) is 12.2. The van der Waals surface area contributed by atoms with E-state index in [2.05, 4.69) is 5.32 Å². The summed E-state index contributed by atoms with van der Waals surface area (Å²) in [5.74, 6) is 0.893. The molecule has 2 aromatic rings. The Kier molecular flexibility index (Phi) is 7.90. The van der Waals surface area contributed by atoms with Crippen LogP contribution in [0.2, 0.25) is 0 Å². The molecule has 2 fully saturated rings. The third-order valence-electron chi connectivity index (χ3n) is 6.94. The molecule has 2 aliphatic heterocycles. The summed E-state index contributed by atoms with van der Waals surface area (Å²) in [6, 6.07) is 13.4. The summed E-state index contributed by atoms with van der Waals surface area (Å²) in [6.45, 7) is 2.51. The van der Waals surface area contributed by atoms with E-state index in [0.29, 0.717) is 48.6 Å². The molecule has 2 aliphatic rings. The van der Waals surface area contributed by atoms with Gasteiger partial charge in [0.25, 0.3) is 11.8 Å². The number of nitrogens with zero attached hydrogens (tertiary/aromatic N) is 2. The van der Waals surface area contributed by atoms with Gasteiger partial charge in [-0.2, -0.15) is 0 Å². The van der Waals surface area contributed by atoms with Crippen LogP contribution in [0.15, 0.2) is 48.5 Å². The van der Waals surface area contributed by atoms with Crippen molar-refractivity contribution in [2.24, 2.45) is 5.92 Å². The third kappa shape index (κ3) is 5.75. The summed E-state index contributed by atoms with van der Waals surface area (Å²) >= 11 is 0. The number of carbonyl (C=O) groups excluding carboxylic acids is 3. The molecule has 1 atom stereocenters. The number of piperidine rings is 1. The smallest absolute Gasteiger partial charge is 0.253 e. The SMILES string of the molecule is COc1ccc(C(=O)N2CCC([C@@H](NC(=O)c3cccc(OC)c3)C(=O)N3CCCC3)CC2)cc1. The molecule has 0 aliphatic carbocycles. The molecule has 186 valence electrons. The maximum Gasteiger partial charge on any atom is 0.253 e. The average Bonchev–Trinajstić information content (AvgIpc) is 3.46. The number of carbonyl (C=O) groups is 3. The molecule has 8 heteroatoms. The van der Waals surface area contributed by atoms with Gasteiger partial charge in [-0.15, -0.1) is 0 Å². The molecule has 1 N–H and O–H groups in total. The van der Waals surface area contributed by atoms with E-state index >= 15 is 0 Å². The van der Waals surface area contributed by atoms with Gasteiger partial charge in [0.2, 0.25) is 5.91 Å². The van der Waals surface area contributed by atoms with Crippen LogP contribution in [0.25, 0.3) is 0 Å². The van der Waals surface area contributed by atoms with Crippen molar-refractivity contribution in [3.63, 3.8) is 0 Å². The fourth-order valence-corrected chi connectivity index (χ4v) is 4.86. The average molecular weight is 480 g/mol. The second-order valence-electron chi connectivity index (χ2n) is 9.07. The Hall–Kier alpha value is -3.55. The van der Waals surface area contributed by atoms with Gasteiger partial charge in [0.1, 0.15) is 17.5 Å². The predicted molar refractivity (Wildman–Crippen MR) is 132 cm³/mol. The van der Waals surface area contributed by atoms with Gasteiger partial charge in [-0.25, -0.2) is 0 Å². The second-order valence-corrected chi connectivity index (χ2v) is 9.07. The highest BCUT2D eigenvalue weighted by atomic mass is 16.5. The van der Waals surface area contributed by atoms with E-state index < -0.39 is 6.04 Å². The lowest BCUT2D eigenvalue weighted by atomic mass is 9.88. The van der Waals surface area contributed by atoms with Gasteiger partial charge in [0, 0.05) is 37.3 Å². The topological polar surface area (TPSA) is 88.2 Å². The highest BCUT2D eigenvalue weighted by Gasteiger charge is 2.37. The Balaban J connectivity index is 1.45. The first-order valence-electron chi connectivity index (χ1n) is 12.2. The maximum absolute atomic E-state index is 13.4. The zero-order chi connectivity index (χ0) is 24.8. The quantitative estimate of drug-likeness (QED) is 0.660. The number of amides is 3. The Bertz CT molecular complexity index is 1040. The Morgan fingerprint density at radius 2 is 1.49 bits per heavy atom. The molecular weight excluding hydrogens is 446 g/mol. The number of likely N-dealkylation sites (tertiary alicyclic amines) is 2. The lowest BCUT2D eigenvalue weighted by Crippen LogP contribution is -2.54. The molecule has 0 bridgehead atoms. The van der Waals surface area contributed by atoms with Crippen molar-refractivity contribution in [2.45, 2.75) is 31.7 Å². The van der Waals surface area contributed by atoms with Gasteiger partial charge in [-0.1, -0.05) is 6.07 Å². The molecule has 3 amide bonds. The van der Waals surface area contributed by atoms with Crippen molar-refractivity contribution >= 4 is 17.7 Å². The maximum atomic E-state index is 13.4. The first kappa shape index (κ1) is 24.6. The number of hydrogen-bond acceptors (Lipinski definition) is 5. The van der Waals surface area contributed by atoms with Crippen molar-refractivity contribution in [2.75, 3.05) is 40.4 Å². The fourth-order valence-electron chi connectivity index (χ4n) is 4.86. The highest BCUT2D eigenvalue weighted by Crippen LogP contribution is 2.26.